The molecule has 0 saturated heterocycles. The topological polar surface area (TPSA) is 116 Å². The van der Waals surface area contributed by atoms with Gasteiger partial charge in [0.2, 0.25) is 0 Å². The van der Waals surface area contributed by atoms with Gasteiger partial charge in [0.25, 0.3) is 0 Å². The first-order valence-corrected chi connectivity index (χ1v) is 10.1. The number of aromatic amines is 1. The van der Waals surface area contributed by atoms with Crippen molar-refractivity contribution >= 4 is 40.0 Å². The molecule has 0 atom stereocenters. The van der Waals surface area contributed by atoms with Crippen molar-refractivity contribution in [2.45, 2.75) is 19.9 Å². The van der Waals surface area contributed by atoms with Crippen LogP contribution in [0.1, 0.15) is 19.4 Å². The summed E-state index contributed by atoms with van der Waals surface area (Å²) in [4.78, 5) is 12.5. The molecule has 4 rings (SSSR count). The highest BCUT2D eigenvalue weighted by Gasteiger charge is 2.08. The number of hydrogen-bond acceptors (Lipinski definition) is 6. The summed E-state index contributed by atoms with van der Waals surface area (Å²) in [5.74, 6) is 2.35. The van der Waals surface area contributed by atoms with Gasteiger partial charge in [-0.05, 0) is 49.7 Å². The maximum absolute atomic E-state index is 7.41. The Labute approximate surface area is 181 Å². The van der Waals surface area contributed by atoms with Gasteiger partial charge in [0.05, 0.1) is 0 Å². The fourth-order valence-corrected chi connectivity index (χ4v) is 3.34. The molecule has 0 bridgehead atoms. The van der Waals surface area contributed by atoms with E-state index in [4.69, 9.17) is 11.1 Å². The zero-order chi connectivity index (χ0) is 21.8. The second-order valence-electron chi connectivity index (χ2n) is 7.52. The molecule has 0 fully saturated rings. The number of nitrogens with zero attached hydrogens (tertiary/aromatic N) is 2. The van der Waals surface area contributed by atoms with Gasteiger partial charge >= 0.3 is 0 Å². The summed E-state index contributed by atoms with van der Waals surface area (Å²) in [6.07, 6.45) is 4.41. The van der Waals surface area contributed by atoms with Gasteiger partial charge in [-0.1, -0.05) is 24.3 Å². The van der Waals surface area contributed by atoms with Crippen molar-refractivity contribution in [3.63, 3.8) is 0 Å². The van der Waals surface area contributed by atoms with Crippen LogP contribution in [0.3, 0.4) is 0 Å². The molecule has 0 saturated carbocycles. The quantitative estimate of drug-likeness (QED) is 0.270. The van der Waals surface area contributed by atoms with Gasteiger partial charge in [-0.2, -0.15) is 0 Å². The molecule has 0 unspecified atom stereocenters. The third-order valence-corrected chi connectivity index (χ3v) is 4.81. The second-order valence-corrected chi connectivity index (χ2v) is 7.52. The van der Waals surface area contributed by atoms with E-state index in [1.807, 2.05) is 36.4 Å². The van der Waals surface area contributed by atoms with E-state index in [9.17, 15) is 0 Å². The molecule has 0 aliphatic rings. The summed E-state index contributed by atoms with van der Waals surface area (Å²) >= 11 is 0. The van der Waals surface area contributed by atoms with Gasteiger partial charge in [0, 0.05) is 52.4 Å². The molecule has 156 valence electrons. The molecule has 6 N–H and O–H groups in total. The Morgan fingerprint density at radius 2 is 1.90 bits per heavy atom. The minimum Gasteiger partial charge on any atom is -0.404 e. The Hall–Kier alpha value is -4.13. The second kappa shape index (κ2) is 8.71. The van der Waals surface area contributed by atoms with Gasteiger partial charge in [-0.25, -0.2) is 9.97 Å². The monoisotopic (exact) mass is 411 g/mol. The summed E-state index contributed by atoms with van der Waals surface area (Å²) in [6.45, 7) is 4.22. The number of aromatic nitrogens is 3. The number of nitrogens with one attached hydrogen (secondary N) is 4. The summed E-state index contributed by atoms with van der Waals surface area (Å²) in [5, 5.41) is 15.2. The summed E-state index contributed by atoms with van der Waals surface area (Å²) in [6, 6.07) is 18.1. The van der Waals surface area contributed by atoms with Crippen LogP contribution in [0.25, 0.3) is 27.9 Å². The molecule has 0 radical (unpaired) electrons. The summed E-state index contributed by atoms with van der Waals surface area (Å²) < 4.78 is 0. The van der Waals surface area contributed by atoms with Crippen LogP contribution >= 0.6 is 0 Å². The highest BCUT2D eigenvalue weighted by atomic mass is 15.0. The Balaban J connectivity index is 1.56. The van der Waals surface area contributed by atoms with Crippen LogP contribution < -0.4 is 16.4 Å². The molecule has 0 aliphatic carbocycles. The van der Waals surface area contributed by atoms with E-state index in [-0.39, 0.29) is 0 Å². The highest BCUT2D eigenvalue weighted by molar-refractivity contribution is 6.08. The van der Waals surface area contributed by atoms with Crippen LogP contribution in [0.2, 0.25) is 0 Å². The first-order chi connectivity index (χ1) is 15.1. The molecular formula is C24H25N7. The maximum atomic E-state index is 7.41. The Kier molecular flexibility index (Phi) is 5.66. The Morgan fingerprint density at radius 1 is 1.10 bits per heavy atom. The first-order valence-electron chi connectivity index (χ1n) is 10.1. The first kappa shape index (κ1) is 20.2. The van der Waals surface area contributed by atoms with Crippen LogP contribution in [-0.2, 0) is 0 Å². The van der Waals surface area contributed by atoms with Crippen molar-refractivity contribution in [2.75, 3.05) is 10.6 Å². The zero-order valence-electron chi connectivity index (χ0n) is 17.5. The summed E-state index contributed by atoms with van der Waals surface area (Å²) in [7, 11) is 0. The summed E-state index contributed by atoms with van der Waals surface area (Å²) in [5.41, 5.74) is 9.97. The number of hydrogen-bond donors (Lipinski definition) is 5. The lowest BCUT2D eigenvalue weighted by molar-refractivity contribution is 0.893. The zero-order valence-corrected chi connectivity index (χ0v) is 17.5. The molecule has 2 heterocycles. The molecule has 7 nitrogen and oxygen atoms in total. The fraction of sp³-hybridized carbons (Fsp3) is 0.125. The molecule has 31 heavy (non-hydrogen) atoms. The Morgan fingerprint density at radius 3 is 2.61 bits per heavy atom. The average molecular weight is 412 g/mol. The van der Waals surface area contributed by atoms with E-state index in [2.05, 4.69) is 57.6 Å². The van der Waals surface area contributed by atoms with Crippen LogP contribution in [0.15, 0.2) is 67.0 Å². The maximum Gasteiger partial charge on any atom is 0.161 e. The van der Waals surface area contributed by atoms with Crippen LogP contribution in [0.4, 0.5) is 17.3 Å². The SMILES string of the molecule is CC(C)Nc1cc2ccc(-c3nccc(Nc4ccc(/C(C=N)=C/N)cc4)n3)cc2[nH]1. The number of H-pyrrole nitrogens is 1. The lowest BCUT2D eigenvalue weighted by Gasteiger charge is -2.08. The van der Waals surface area contributed by atoms with Gasteiger partial charge in [0.1, 0.15) is 11.6 Å². The minimum absolute atomic E-state index is 0.357. The molecule has 4 aromatic rings. The van der Waals surface area contributed by atoms with Crippen molar-refractivity contribution in [1.29, 1.82) is 5.41 Å². The highest BCUT2D eigenvalue weighted by Crippen LogP contribution is 2.26. The average Bonchev–Trinajstić information content (AvgIpc) is 3.16. The molecule has 0 aliphatic heterocycles. The normalized spacial score (nSPS) is 11.6. The molecule has 0 amide bonds. The van der Waals surface area contributed by atoms with Crippen molar-refractivity contribution < 1.29 is 0 Å². The van der Waals surface area contributed by atoms with Crippen LogP contribution in [0.5, 0.6) is 0 Å². The largest absolute Gasteiger partial charge is 0.404 e. The van der Waals surface area contributed by atoms with Crippen LogP contribution in [0, 0.1) is 5.41 Å². The Bertz CT molecular complexity index is 1240. The van der Waals surface area contributed by atoms with Gasteiger partial charge in [-0.15, -0.1) is 0 Å². The molecule has 2 aromatic carbocycles. The number of rotatable bonds is 7. The third-order valence-electron chi connectivity index (χ3n) is 4.81. The lowest BCUT2D eigenvalue weighted by atomic mass is 10.1. The number of fused-ring (bicyclic) bond motifs is 1. The van der Waals surface area contributed by atoms with Gasteiger partial charge < -0.3 is 26.8 Å². The number of anilines is 3. The van der Waals surface area contributed by atoms with Crippen molar-refractivity contribution in [3.05, 3.63) is 72.6 Å². The van der Waals surface area contributed by atoms with Gasteiger partial charge in [-0.3, -0.25) is 0 Å². The van der Waals surface area contributed by atoms with E-state index < -0.39 is 0 Å². The molecule has 7 heteroatoms. The van der Waals surface area contributed by atoms with Crippen molar-refractivity contribution in [2.24, 2.45) is 5.73 Å². The molecule has 2 aromatic heterocycles. The predicted molar refractivity (Wildman–Crippen MR) is 129 cm³/mol. The smallest absolute Gasteiger partial charge is 0.161 e. The van der Waals surface area contributed by atoms with Crippen LogP contribution in [-0.4, -0.2) is 27.2 Å². The van der Waals surface area contributed by atoms with E-state index in [1.165, 1.54) is 12.4 Å². The van der Waals surface area contributed by atoms with Crippen molar-refractivity contribution in [3.8, 4) is 11.4 Å². The molecular weight excluding hydrogens is 386 g/mol. The number of benzene rings is 2. The minimum atomic E-state index is 0.357. The van der Waals surface area contributed by atoms with E-state index in [1.54, 1.807) is 6.20 Å². The fourth-order valence-electron chi connectivity index (χ4n) is 3.34. The standard InChI is InChI=1S/C24H25N7/c1-15(2)28-23-12-17-3-4-18(11-21(17)30-23)24-27-10-9-22(31-24)29-20-7-5-16(6-8-20)19(13-25)14-26/h3-15,25,28,30H,26H2,1-2H3,(H,27,29,31)/b19-14+,25-13?. The van der Waals surface area contributed by atoms with Crippen molar-refractivity contribution in [1.82, 2.24) is 15.0 Å². The van der Waals surface area contributed by atoms with E-state index in [0.29, 0.717) is 23.3 Å². The van der Waals surface area contributed by atoms with E-state index >= 15 is 0 Å². The third kappa shape index (κ3) is 4.56. The van der Waals surface area contributed by atoms with Gasteiger partial charge in [0.15, 0.2) is 5.82 Å². The molecule has 0 spiro atoms. The number of nitrogens with two attached hydrogens (primary N) is 1. The lowest BCUT2D eigenvalue weighted by Crippen LogP contribution is -2.09. The number of allylic oxidation sites excluding steroid dienone is 1. The van der Waals surface area contributed by atoms with E-state index in [0.717, 1.165) is 33.5 Å². The predicted octanol–water partition coefficient (Wildman–Crippen LogP) is 5.14.